The average Bonchev–Trinajstić information content (AvgIpc) is 3.07. The highest BCUT2D eigenvalue weighted by Crippen LogP contribution is 2.35. The Morgan fingerprint density at radius 2 is 2.00 bits per heavy atom. The van der Waals surface area contributed by atoms with E-state index in [1.165, 1.54) is 22.0 Å². The number of nitriles is 1. The normalized spacial score (nSPS) is 15.4. The lowest BCUT2D eigenvalue weighted by Gasteiger charge is -2.25. The summed E-state index contributed by atoms with van der Waals surface area (Å²) in [5.74, 6) is 0. The van der Waals surface area contributed by atoms with Crippen LogP contribution in [0.5, 0.6) is 0 Å². The second-order valence-corrected chi connectivity index (χ2v) is 6.83. The average molecular weight is 329 g/mol. The van der Waals surface area contributed by atoms with E-state index >= 15 is 0 Å². The van der Waals surface area contributed by atoms with Crippen molar-refractivity contribution in [3.05, 3.63) is 59.8 Å². The smallest absolute Gasteiger partial charge is 0.0991 e. The summed E-state index contributed by atoms with van der Waals surface area (Å²) in [6, 6.07) is 17.6. The summed E-state index contributed by atoms with van der Waals surface area (Å²) in [5, 5.41) is 14.0. The SMILES string of the molecule is CCc1ccc2c(-c3cccc(C#N)c3)cn(C3CCNCC3)c2c1. The fourth-order valence-corrected chi connectivity index (χ4v) is 3.89. The monoisotopic (exact) mass is 329 g/mol. The Balaban J connectivity index is 1.91. The van der Waals surface area contributed by atoms with Crippen molar-refractivity contribution in [3.8, 4) is 17.2 Å². The number of fused-ring (bicyclic) bond motifs is 1. The van der Waals surface area contributed by atoms with Gasteiger partial charge < -0.3 is 9.88 Å². The van der Waals surface area contributed by atoms with Crippen LogP contribution in [0.3, 0.4) is 0 Å². The summed E-state index contributed by atoms with van der Waals surface area (Å²) in [7, 11) is 0. The Kier molecular flexibility index (Phi) is 4.29. The first-order chi connectivity index (χ1) is 12.3. The molecule has 2 aromatic carbocycles. The topological polar surface area (TPSA) is 40.8 Å². The number of piperidine rings is 1. The van der Waals surface area contributed by atoms with E-state index in [9.17, 15) is 5.26 Å². The summed E-state index contributed by atoms with van der Waals surface area (Å²) in [6.45, 7) is 4.37. The molecule has 0 radical (unpaired) electrons. The summed E-state index contributed by atoms with van der Waals surface area (Å²) >= 11 is 0. The largest absolute Gasteiger partial charge is 0.344 e. The molecule has 1 saturated heterocycles. The van der Waals surface area contributed by atoms with Crippen LogP contribution in [-0.4, -0.2) is 17.7 Å². The van der Waals surface area contributed by atoms with Gasteiger partial charge in [-0.25, -0.2) is 0 Å². The molecule has 0 bridgehead atoms. The van der Waals surface area contributed by atoms with Gasteiger partial charge in [0.2, 0.25) is 0 Å². The number of aromatic nitrogens is 1. The molecule has 3 heteroatoms. The molecule has 0 aliphatic carbocycles. The van der Waals surface area contributed by atoms with Crippen LogP contribution in [0.2, 0.25) is 0 Å². The quantitative estimate of drug-likeness (QED) is 0.759. The Morgan fingerprint density at radius 1 is 1.16 bits per heavy atom. The molecule has 4 rings (SSSR count). The maximum Gasteiger partial charge on any atom is 0.0991 e. The van der Waals surface area contributed by atoms with E-state index in [-0.39, 0.29) is 0 Å². The van der Waals surface area contributed by atoms with E-state index in [0.717, 1.165) is 37.9 Å². The van der Waals surface area contributed by atoms with Gasteiger partial charge in [-0.05, 0) is 61.7 Å². The van der Waals surface area contributed by atoms with E-state index in [4.69, 9.17) is 0 Å². The Hall–Kier alpha value is -2.57. The molecule has 3 nitrogen and oxygen atoms in total. The molecular formula is C22H23N3. The number of aryl methyl sites for hydroxylation is 1. The first-order valence-electron chi connectivity index (χ1n) is 9.15. The number of hydrogen-bond donors (Lipinski definition) is 1. The third kappa shape index (κ3) is 2.94. The van der Waals surface area contributed by atoms with Crippen LogP contribution in [0.1, 0.15) is 36.9 Å². The third-order valence-corrected chi connectivity index (χ3v) is 5.31. The van der Waals surface area contributed by atoms with Gasteiger partial charge in [-0.15, -0.1) is 0 Å². The second-order valence-electron chi connectivity index (χ2n) is 6.83. The zero-order chi connectivity index (χ0) is 17.2. The second kappa shape index (κ2) is 6.74. The number of benzene rings is 2. The maximum absolute atomic E-state index is 9.24. The Bertz CT molecular complexity index is 940. The fourth-order valence-electron chi connectivity index (χ4n) is 3.89. The minimum Gasteiger partial charge on any atom is -0.344 e. The summed E-state index contributed by atoms with van der Waals surface area (Å²) in [4.78, 5) is 0. The van der Waals surface area contributed by atoms with Crippen LogP contribution in [0.4, 0.5) is 0 Å². The lowest BCUT2D eigenvalue weighted by molar-refractivity contribution is 0.376. The predicted molar refractivity (Wildman–Crippen MR) is 103 cm³/mol. The van der Waals surface area contributed by atoms with Gasteiger partial charge >= 0.3 is 0 Å². The van der Waals surface area contributed by atoms with Crippen LogP contribution in [0.25, 0.3) is 22.0 Å². The van der Waals surface area contributed by atoms with Crippen LogP contribution in [-0.2, 0) is 6.42 Å². The molecule has 0 unspecified atom stereocenters. The standard InChI is InChI=1S/C22H23N3/c1-2-16-6-7-20-21(18-5-3-4-17(12-18)14-23)15-25(22(20)13-16)19-8-10-24-11-9-19/h3-7,12-13,15,19,24H,2,8-11H2,1H3. The molecule has 0 spiro atoms. The Morgan fingerprint density at radius 3 is 2.76 bits per heavy atom. The lowest BCUT2D eigenvalue weighted by atomic mass is 10.0. The van der Waals surface area contributed by atoms with Crippen molar-refractivity contribution in [3.63, 3.8) is 0 Å². The summed E-state index contributed by atoms with van der Waals surface area (Å²) < 4.78 is 2.48. The molecule has 0 amide bonds. The minimum atomic E-state index is 0.545. The first-order valence-corrected chi connectivity index (χ1v) is 9.15. The molecule has 1 aromatic heterocycles. The summed E-state index contributed by atoms with van der Waals surface area (Å²) in [5.41, 5.74) is 5.77. The zero-order valence-corrected chi connectivity index (χ0v) is 14.6. The summed E-state index contributed by atoms with van der Waals surface area (Å²) in [6.07, 6.45) is 5.68. The van der Waals surface area contributed by atoms with E-state index in [2.05, 4.69) is 53.3 Å². The number of nitrogens with zero attached hydrogens (tertiary/aromatic N) is 2. The molecule has 0 saturated carbocycles. The third-order valence-electron chi connectivity index (χ3n) is 5.31. The van der Waals surface area contributed by atoms with Gasteiger partial charge in [-0.2, -0.15) is 5.26 Å². The highest BCUT2D eigenvalue weighted by Gasteiger charge is 2.19. The van der Waals surface area contributed by atoms with E-state index in [1.807, 2.05) is 18.2 Å². The number of rotatable bonds is 3. The molecule has 1 aliphatic rings. The van der Waals surface area contributed by atoms with Crippen molar-refractivity contribution < 1.29 is 0 Å². The molecule has 0 atom stereocenters. The van der Waals surface area contributed by atoms with Gasteiger partial charge in [-0.3, -0.25) is 0 Å². The van der Waals surface area contributed by atoms with Crippen LogP contribution >= 0.6 is 0 Å². The lowest BCUT2D eigenvalue weighted by Crippen LogP contribution is -2.29. The van der Waals surface area contributed by atoms with Gasteiger partial charge in [0.1, 0.15) is 0 Å². The van der Waals surface area contributed by atoms with Gasteiger partial charge in [-0.1, -0.05) is 31.2 Å². The molecule has 1 N–H and O–H groups in total. The molecule has 2 heterocycles. The Labute approximate surface area is 148 Å². The molecule has 126 valence electrons. The molecule has 1 fully saturated rings. The first kappa shape index (κ1) is 15.9. The predicted octanol–water partition coefficient (Wildman–Crippen LogP) is 4.67. The minimum absolute atomic E-state index is 0.545. The maximum atomic E-state index is 9.24. The van der Waals surface area contributed by atoms with Crippen LogP contribution < -0.4 is 5.32 Å². The van der Waals surface area contributed by atoms with Gasteiger partial charge in [0.25, 0.3) is 0 Å². The van der Waals surface area contributed by atoms with Crippen molar-refractivity contribution in [1.29, 1.82) is 5.26 Å². The van der Waals surface area contributed by atoms with Crippen LogP contribution in [0, 0.1) is 11.3 Å². The van der Waals surface area contributed by atoms with Gasteiger partial charge in [0.15, 0.2) is 0 Å². The number of nitrogens with one attached hydrogen (secondary N) is 1. The van der Waals surface area contributed by atoms with Gasteiger partial charge in [0.05, 0.1) is 11.6 Å². The van der Waals surface area contributed by atoms with Crippen molar-refractivity contribution in [2.75, 3.05) is 13.1 Å². The van der Waals surface area contributed by atoms with Crippen LogP contribution in [0.15, 0.2) is 48.7 Å². The van der Waals surface area contributed by atoms with Gasteiger partial charge in [0, 0.05) is 28.7 Å². The van der Waals surface area contributed by atoms with Crippen molar-refractivity contribution in [1.82, 2.24) is 9.88 Å². The molecule has 3 aromatic rings. The fraction of sp³-hybridized carbons (Fsp3) is 0.318. The molecule has 25 heavy (non-hydrogen) atoms. The molecule has 1 aliphatic heterocycles. The van der Waals surface area contributed by atoms with Crippen molar-refractivity contribution >= 4 is 10.9 Å². The highest BCUT2D eigenvalue weighted by molar-refractivity contribution is 5.96. The van der Waals surface area contributed by atoms with E-state index < -0.39 is 0 Å². The van der Waals surface area contributed by atoms with Crippen molar-refractivity contribution in [2.45, 2.75) is 32.2 Å². The zero-order valence-electron chi connectivity index (χ0n) is 14.6. The number of hydrogen-bond acceptors (Lipinski definition) is 2. The highest BCUT2D eigenvalue weighted by atomic mass is 15.0. The van der Waals surface area contributed by atoms with E-state index in [1.54, 1.807) is 0 Å². The van der Waals surface area contributed by atoms with E-state index in [0.29, 0.717) is 11.6 Å². The molecular weight excluding hydrogens is 306 g/mol. The van der Waals surface area contributed by atoms with Crippen molar-refractivity contribution in [2.24, 2.45) is 0 Å².